The molecule has 0 aliphatic heterocycles. The van der Waals surface area contributed by atoms with Crippen molar-refractivity contribution >= 4 is 26.7 Å². The van der Waals surface area contributed by atoms with Crippen molar-refractivity contribution in [2.45, 2.75) is 6.42 Å². The Morgan fingerprint density at radius 2 is 1.84 bits per heavy atom. The Hall–Kier alpha value is -1.87. The number of aromatic nitrogens is 1. The molecule has 3 heteroatoms. The highest BCUT2D eigenvalue weighted by Gasteiger charge is 2.22. The van der Waals surface area contributed by atoms with Gasteiger partial charge in [0.1, 0.15) is 0 Å². The molecule has 3 aromatic rings. The van der Waals surface area contributed by atoms with Crippen LogP contribution in [0.4, 0.5) is 0 Å². The zero-order valence-electron chi connectivity index (χ0n) is 10.0. The van der Waals surface area contributed by atoms with Gasteiger partial charge in [0.15, 0.2) is 0 Å². The lowest BCUT2D eigenvalue weighted by Gasteiger charge is -2.05. The van der Waals surface area contributed by atoms with E-state index in [0.29, 0.717) is 0 Å². The molecule has 1 aromatic heterocycles. The lowest BCUT2D eigenvalue weighted by atomic mass is 10.0. The van der Waals surface area contributed by atoms with Gasteiger partial charge < -0.3 is 4.98 Å². The second kappa shape index (κ2) is 3.81. The Labute approximate surface area is 118 Å². The average molecular weight is 312 g/mol. The van der Waals surface area contributed by atoms with Crippen LogP contribution >= 0.6 is 15.9 Å². The monoisotopic (exact) mass is 311 g/mol. The van der Waals surface area contributed by atoms with Crippen LogP contribution in [0.2, 0.25) is 0 Å². The molecule has 0 saturated heterocycles. The van der Waals surface area contributed by atoms with Crippen molar-refractivity contribution in [1.82, 2.24) is 4.98 Å². The highest BCUT2D eigenvalue weighted by Crippen LogP contribution is 2.38. The lowest BCUT2D eigenvalue weighted by Crippen LogP contribution is -2.08. The minimum absolute atomic E-state index is 0.0119. The molecule has 0 saturated carbocycles. The molecule has 1 heterocycles. The number of halogens is 1. The number of hydrogen-bond acceptors (Lipinski definition) is 1. The molecule has 1 aliphatic carbocycles. The van der Waals surface area contributed by atoms with E-state index in [4.69, 9.17) is 0 Å². The minimum Gasteiger partial charge on any atom is -0.321 e. The molecule has 0 atom stereocenters. The van der Waals surface area contributed by atoms with Gasteiger partial charge in [-0.25, -0.2) is 0 Å². The Balaban J connectivity index is 2.15. The first kappa shape index (κ1) is 11.0. The van der Waals surface area contributed by atoms with E-state index in [1.807, 2.05) is 30.3 Å². The van der Waals surface area contributed by atoms with Gasteiger partial charge in [-0.2, -0.15) is 0 Å². The quantitative estimate of drug-likeness (QED) is 0.525. The predicted molar refractivity (Wildman–Crippen MR) is 80.5 cm³/mol. The molecule has 1 aliphatic rings. The van der Waals surface area contributed by atoms with Crippen molar-refractivity contribution < 1.29 is 0 Å². The van der Waals surface area contributed by atoms with Gasteiger partial charge in [0.2, 0.25) is 0 Å². The Morgan fingerprint density at radius 3 is 2.68 bits per heavy atom. The molecule has 92 valence electrons. The van der Waals surface area contributed by atoms with Crippen LogP contribution in [-0.2, 0) is 6.42 Å². The zero-order valence-corrected chi connectivity index (χ0v) is 11.6. The van der Waals surface area contributed by atoms with Gasteiger partial charge in [-0.15, -0.1) is 0 Å². The van der Waals surface area contributed by atoms with Gasteiger partial charge in [-0.05, 0) is 34.7 Å². The third kappa shape index (κ3) is 1.51. The first-order chi connectivity index (χ1) is 9.24. The molecule has 0 spiro atoms. The number of nitrogens with one attached hydrogen (secondary N) is 1. The van der Waals surface area contributed by atoms with E-state index >= 15 is 0 Å². The summed E-state index contributed by atoms with van der Waals surface area (Å²) >= 11 is 3.49. The normalized spacial score (nSPS) is 12.5. The summed E-state index contributed by atoms with van der Waals surface area (Å²) in [6, 6.07) is 14.0. The van der Waals surface area contributed by atoms with Gasteiger partial charge in [-0.1, -0.05) is 40.2 Å². The first-order valence-electron chi connectivity index (χ1n) is 6.17. The summed E-state index contributed by atoms with van der Waals surface area (Å²) in [5.41, 5.74) is 4.59. The van der Waals surface area contributed by atoms with Gasteiger partial charge in [0, 0.05) is 21.8 Å². The highest BCUT2D eigenvalue weighted by atomic mass is 79.9. The third-order valence-electron chi connectivity index (χ3n) is 3.75. The number of pyridine rings is 1. The highest BCUT2D eigenvalue weighted by molar-refractivity contribution is 9.10. The van der Waals surface area contributed by atoms with Crippen LogP contribution in [0.3, 0.4) is 0 Å². The molecule has 19 heavy (non-hydrogen) atoms. The van der Waals surface area contributed by atoms with E-state index in [-0.39, 0.29) is 5.56 Å². The van der Waals surface area contributed by atoms with Gasteiger partial charge in [-0.3, -0.25) is 4.79 Å². The number of aromatic amines is 1. The van der Waals surface area contributed by atoms with Crippen molar-refractivity contribution in [3.63, 3.8) is 0 Å². The second-order valence-corrected chi connectivity index (χ2v) is 5.75. The summed E-state index contributed by atoms with van der Waals surface area (Å²) in [5.74, 6) is 0. The minimum atomic E-state index is -0.0119. The Bertz CT molecular complexity index is 880. The fourth-order valence-electron chi connectivity index (χ4n) is 2.87. The molecular formula is C16H10BrNO. The Morgan fingerprint density at radius 1 is 1.05 bits per heavy atom. The van der Waals surface area contributed by atoms with Gasteiger partial charge >= 0.3 is 0 Å². The average Bonchev–Trinajstić information content (AvgIpc) is 2.78. The molecule has 0 radical (unpaired) electrons. The molecule has 4 rings (SSSR count). The molecular weight excluding hydrogens is 302 g/mol. The standard InChI is InChI=1S/C16H10BrNO/c17-10-6-5-9-7-14-11-3-1-2-4-12(11)16(19)18-15(14)13(9)8-10/h1-6,8H,7H2,(H,18,19). The van der Waals surface area contributed by atoms with Gasteiger partial charge in [0.05, 0.1) is 5.69 Å². The summed E-state index contributed by atoms with van der Waals surface area (Å²) in [6.45, 7) is 0. The number of rotatable bonds is 0. The van der Waals surface area contributed by atoms with Crippen LogP contribution < -0.4 is 5.56 Å². The fourth-order valence-corrected chi connectivity index (χ4v) is 3.24. The number of hydrogen-bond donors (Lipinski definition) is 1. The van der Waals surface area contributed by atoms with Crippen molar-refractivity contribution in [3.8, 4) is 11.3 Å². The van der Waals surface area contributed by atoms with E-state index in [9.17, 15) is 4.79 Å². The molecule has 1 N–H and O–H groups in total. The number of H-pyrrole nitrogens is 1. The SMILES string of the molecule is O=c1[nH]c2c(c3ccccc13)Cc1ccc(Br)cc1-2. The maximum atomic E-state index is 12.2. The maximum Gasteiger partial charge on any atom is 0.256 e. The van der Waals surface area contributed by atoms with Crippen LogP contribution in [0.25, 0.3) is 22.0 Å². The van der Waals surface area contributed by atoms with Crippen LogP contribution in [0.1, 0.15) is 11.1 Å². The smallest absolute Gasteiger partial charge is 0.256 e. The van der Waals surface area contributed by atoms with Crippen LogP contribution in [-0.4, -0.2) is 4.98 Å². The molecule has 0 amide bonds. The van der Waals surface area contributed by atoms with Crippen LogP contribution in [0.5, 0.6) is 0 Å². The topological polar surface area (TPSA) is 32.9 Å². The van der Waals surface area contributed by atoms with Crippen LogP contribution in [0.15, 0.2) is 51.7 Å². The molecule has 0 unspecified atom stereocenters. The van der Waals surface area contributed by atoms with Crippen molar-refractivity contribution in [1.29, 1.82) is 0 Å². The largest absolute Gasteiger partial charge is 0.321 e. The summed E-state index contributed by atoms with van der Waals surface area (Å²) in [4.78, 5) is 15.2. The fraction of sp³-hybridized carbons (Fsp3) is 0.0625. The van der Waals surface area contributed by atoms with Crippen molar-refractivity contribution in [2.24, 2.45) is 0 Å². The van der Waals surface area contributed by atoms with E-state index in [0.717, 1.165) is 32.9 Å². The number of benzene rings is 2. The molecule has 2 aromatic carbocycles. The van der Waals surface area contributed by atoms with Gasteiger partial charge in [0.25, 0.3) is 5.56 Å². The maximum absolute atomic E-state index is 12.2. The predicted octanol–water partition coefficient (Wildman–Crippen LogP) is 3.86. The summed E-state index contributed by atoms with van der Waals surface area (Å²) < 4.78 is 1.04. The molecule has 2 nitrogen and oxygen atoms in total. The van der Waals surface area contributed by atoms with Crippen molar-refractivity contribution in [2.75, 3.05) is 0 Å². The zero-order chi connectivity index (χ0) is 13.0. The van der Waals surface area contributed by atoms with E-state index in [1.54, 1.807) is 0 Å². The van der Waals surface area contributed by atoms with Crippen LogP contribution in [0, 0.1) is 0 Å². The lowest BCUT2D eigenvalue weighted by molar-refractivity contribution is 1.23. The summed E-state index contributed by atoms with van der Waals surface area (Å²) in [7, 11) is 0. The Kier molecular flexibility index (Phi) is 2.21. The van der Waals surface area contributed by atoms with E-state index < -0.39 is 0 Å². The molecule has 0 fully saturated rings. The third-order valence-corrected chi connectivity index (χ3v) is 4.24. The first-order valence-corrected chi connectivity index (χ1v) is 6.96. The summed E-state index contributed by atoms with van der Waals surface area (Å²) in [5, 5.41) is 1.83. The van der Waals surface area contributed by atoms with E-state index in [1.165, 1.54) is 11.1 Å². The second-order valence-electron chi connectivity index (χ2n) is 4.83. The summed E-state index contributed by atoms with van der Waals surface area (Å²) in [6.07, 6.45) is 0.884. The molecule has 0 bridgehead atoms. The number of fused-ring (bicyclic) bond motifs is 5. The van der Waals surface area contributed by atoms with E-state index in [2.05, 4.69) is 33.0 Å². The van der Waals surface area contributed by atoms with Crippen molar-refractivity contribution in [3.05, 3.63) is 68.4 Å².